The summed E-state index contributed by atoms with van der Waals surface area (Å²) in [6.07, 6.45) is -0.312. The van der Waals surface area contributed by atoms with Crippen LogP contribution < -0.4 is 4.90 Å². The number of halogens is 2. The number of thiazole rings is 1. The predicted octanol–water partition coefficient (Wildman–Crippen LogP) is 4.67. The van der Waals surface area contributed by atoms with Gasteiger partial charge in [-0.1, -0.05) is 18.2 Å². The zero-order valence-corrected chi connectivity index (χ0v) is 14.2. The molecule has 1 aromatic heterocycles. The average Bonchev–Trinajstić information content (AvgIpc) is 3.13. The molecule has 2 heterocycles. The molecule has 0 bridgehead atoms. The van der Waals surface area contributed by atoms with E-state index in [-0.39, 0.29) is 17.7 Å². The monoisotopic (exact) mass is 358 g/mol. The van der Waals surface area contributed by atoms with Gasteiger partial charge >= 0.3 is 0 Å². The van der Waals surface area contributed by atoms with E-state index in [0.29, 0.717) is 25.3 Å². The molecule has 1 atom stereocenters. The van der Waals surface area contributed by atoms with Crippen molar-refractivity contribution >= 4 is 16.5 Å². The Bertz CT molecular complexity index is 866. The van der Waals surface area contributed by atoms with E-state index >= 15 is 0 Å². The summed E-state index contributed by atoms with van der Waals surface area (Å²) in [5.41, 5.74) is 2.26. The second kappa shape index (κ2) is 6.90. The molecule has 1 aliphatic heterocycles. The van der Waals surface area contributed by atoms with Crippen molar-refractivity contribution in [2.45, 2.75) is 6.10 Å². The predicted molar refractivity (Wildman–Crippen MR) is 94.8 cm³/mol. The minimum atomic E-state index is -0.312. The minimum absolute atomic E-state index is 0.250. The van der Waals surface area contributed by atoms with E-state index in [9.17, 15) is 8.78 Å². The van der Waals surface area contributed by atoms with Gasteiger partial charge < -0.3 is 9.64 Å². The van der Waals surface area contributed by atoms with Gasteiger partial charge in [-0.25, -0.2) is 13.8 Å². The largest absolute Gasteiger partial charge is 0.370 e. The lowest BCUT2D eigenvalue weighted by Crippen LogP contribution is -2.38. The van der Waals surface area contributed by atoms with E-state index in [1.165, 1.54) is 29.5 Å². The highest BCUT2D eigenvalue weighted by Gasteiger charge is 2.25. The fourth-order valence-corrected chi connectivity index (χ4v) is 3.78. The molecule has 6 heteroatoms. The van der Waals surface area contributed by atoms with Crippen molar-refractivity contribution in [1.82, 2.24) is 4.98 Å². The molecule has 0 spiro atoms. The van der Waals surface area contributed by atoms with Gasteiger partial charge in [0.2, 0.25) is 0 Å². The van der Waals surface area contributed by atoms with Gasteiger partial charge in [0.15, 0.2) is 5.13 Å². The molecule has 0 N–H and O–H groups in total. The standard InChI is InChI=1S/C19H16F2N2OS/c20-14-7-5-13(6-8-14)17-12-25-19(22-17)23-9-10-24-18(11-23)15-3-1-2-4-16(15)21/h1-8,12,18H,9-11H2. The molecule has 1 saturated heterocycles. The number of aromatic nitrogens is 1. The van der Waals surface area contributed by atoms with E-state index in [0.717, 1.165) is 16.4 Å². The van der Waals surface area contributed by atoms with Crippen molar-refractivity contribution in [3.8, 4) is 11.3 Å². The van der Waals surface area contributed by atoms with Gasteiger partial charge in [0.1, 0.15) is 17.7 Å². The highest BCUT2D eigenvalue weighted by molar-refractivity contribution is 7.14. The lowest BCUT2D eigenvalue weighted by molar-refractivity contribution is 0.0375. The Hall–Kier alpha value is -2.31. The Labute approximate surface area is 148 Å². The maximum absolute atomic E-state index is 14.0. The Balaban J connectivity index is 1.54. The fourth-order valence-electron chi connectivity index (χ4n) is 2.91. The topological polar surface area (TPSA) is 25.4 Å². The summed E-state index contributed by atoms with van der Waals surface area (Å²) in [5, 5.41) is 2.82. The van der Waals surface area contributed by atoms with Crippen molar-refractivity contribution in [3.05, 3.63) is 71.1 Å². The summed E-state index contributed by atoms with van der Waals surface area (Å²) >= 11 is 1.53. The number of rotatable bonds is 3. The van der Waals surface area contributed by atoms with Crippen molar-refractivity contribution in [2.75, 3.05) is 24.6 Å². The third-order valence-electron chi connectivity index (χ3n) is 4.22. The first kappa shape index (κ1) is 16.2. The molecule has 4 rings (SSSR count). The van der Waals surface area contributed by atoms with Crippen LogP contribution in [0.5, 0.6) is 0 Å². The number of morpholine rings is 1. The van der Waals surface area contributed by atoms with Gasteiger partial charge in [-0.05, 0) is 30.3 Å². The second-order valence-corrected chi connectivity index (χ2v) is 6.69. The van der Waals surface area contributed by atoms with Crippen molar-refractivity contribution in [2.24, 2.45) is 0 Å². The SMILES string of the molecule is Fc1ccc(-c2csc(N3CCOC(c4ccccc4F)C3)n2)cc1. The fraction of sp³-hybridized carbons (Fsp3) is 0.211. The quantitative estimate of drug-likeness (QED) is 0.681. The van der Waals surface area contributed by atoms with Crippen molar-refractivity contribution in [1.29, 1.82) is 0 Å². The first-order chi connectivity index (χ1) is 12.2. The Morgan fingerprint density at radius 1 is 1.08 bits per heavy atom. The zero-order valence-electron chi connectivity index (χ0n) is 13.4. The third-order valence-corrected chi connectivity index (χ3v) is 5.12. The molecule has 2 aromatic carbocycles. The van der Waals surface area contributed by atoms with Crippen LogP contribution in [0.15, 0.2) is 53.9 Å². The van der Waals surface area contributed by atoms with Crippen LogP contribution in [0.3, 0.4) is 0 Å². The first-order valence-corrected chi connectivity index (χ1v) is 8.91. The van der Waals surface area contributed by atoms with E-state index in [1.54, 1.807) is 24.3 Å². The molecule has 1 aliphatic rings. The number of hydrogen-bond acceptors (Lipinski definition) is 4. The highest BCUT2D eigenvalue weighted by atomic mass is 32.1. The molecule has 1 unspecified atom stereocenters. The lowest BCUT2D eigenvalue weighted by atomic mass is 10.1. The van der Waals surface area contributed by atoms with Gasteiger partial charge in [0, 0.05) is 23.1 Å². The molecule has 0 amide bonds. The number of benzene rings is 2. The molecule has 3 nitrogen and oxygen atoms in total. The summed E-state index contributed by atoms with van der Waals surface area (Å²) < 4.78 is 32.8. The molecular formula is C19H16F2N2OS. The average molecular weight is 358 g/mol. The molecule has 25 heavy (non-hydrogen) atoms. The van der Waals surface area contributed by atoms with Gasteiger partial charge in [-0.15, -0.1) is 11.3 Å². The maximum Gasteiger partial charge on any atom is 0.186 e. The summed E-state index contributed by atoms with van der Waals surface area (Å²) in [6.45, 7) is 1.78. The van der Waals surface area contributed by atoms with E-state index in [1.807, 2.05) is 11.4 Å². The van der Waals surface area contributed by atoms with E-state index < -0.39 is 0 Å². The Morgan fingerprint density at radius 2 is 1.88 bits per heavy atom. The van der Waals surface area contributed by atoms with Crippen molar-refractivity contribution < 1.29 is 13.5 Å². The summed E-state index contributed by atoms with van der Waals surface area (Å²) in [4.78, 5) is 6.77. The van der Waals surface area contributed by atoms with Gasteiger partial charge in [0.25, 0.3) is 0 Å². The summed E-state index contributed by atoms with van der Waals surface area (Å²) in [5.74, 6) is -0.513. The molecule has 0 saturated carbocycles. The van der Waals surface area contributed by atoms with Crippen LogP contribution in [0.2, 0.25) is 0 Å². The molecule has 3 aromatic rings. The molecule has 0 aliphatic carbocycles. The van der Waals surface area contributed by atoms with E-state index in [4.69, 9.17) is 4.74 Å². The van der Waals surface area contributed by atoms with Crippen LogP contribution >= 0.6 is 11.3 Å². The molecule has 1 fully saturated rings. The number of nitrogens with zero attached hydrogens (tertiary/aromatic N) is 2. The van der Waals surface area contributed by atoms with Crippen LogP contribution in [-0.4, -0.2) is 24.7 Å². The number of hydrogen-bond donors (Lipinski definition) is 0. The Morgan fingerprint density at radius 3 is 2.68 bits per heavy atom. The highest BCUT2D eigenvalue weighted by Crippen LogP contribution is 2.32. The number of anilines is 1. The van der Waals surface area contributed by atoms with Gasteiger partial charge in [0.05, 0.1) is 18.8 Å². The lowest BCUT2D eigenvalue weighted by Gasteiger charge is -2.33. The van der Waals surface area contributed by atoms with Gasteiger partial charge in [-0.2, -0.15) is 0 Å². The summed E-state index contributed by atoms with van der Waals surface area (Å²) in [6, 6.07) is 13.0. The van der Waals surface area contributed by atoms with E-state index in [2.05, 4.69) is 9.88 Å². The van der Waals surface area contributed by atoms with Crippen molar-refractivity contribution in [3.63, 3.8) is 0 Å². The maximum atomic E-state index is 14.0. The third kappa shape index (κ3) is 3.41. The molecule has 0 radical (unpaired) electrons. The summed E-state index contributed by atoms with van der Waals surface area (Å²) in [7, 11) is 0. The number of ether oxygens (including phenoxy) is 1. The Kier molecular flexibility index (Phi) is 4.46. The van der Waals surface area contributed by atoms with Gasteiger partial charge in [-0.3, -0.25) is 0 Å². The van der Waals surface area contributed by atoms with Crippen LogP contribution in [0.1, 0.15) is 11.7 Å². The first-order valence-electron chi connectivity index (χ1n) is 8.03. The minimum Gasteiger partial charge on any atom is -0.370 e. The zero-order chi connectivity index (χ0) is 17.2. The van der Waals surface area contributed by atoms with Crippen LogP contribution in [0, 0.1) is 11.6 Å². The normalized spacial score (nSPS) is 17.7. The second-order valence-electron chi connectivity index (χ2n) is 5.85. The smallest absolute Gasteiger partial charge is 0.186 e. The molecule has 128 valence electrons. The van der Waals surface area contributed by atoms with Crippen LogP contribution in [0.25, 0.3) is 11.3 Å². The van der Waals surface area contributed by atoms with Crippen LogP contribution in [0.4, 0.5) is 13.9 Å². The molecular weight excluding hydrogens is 342 g/mol. The van der Waals surface area contributed by atoms with Crippen LogP contribution in [-0.2, 0) is 4.74 Å².